The molecular formula is C25H30N2O4. The second-order valence-corrected chi connectivity index (χ2v) is 9.46. The third-order valence-corrected chi connectivity index (χ3v) is 5.94. The molecule has 1 N–H and O–H groups in total. The van der Waals surface area contributed by atoms with Crippen LogP contribution in [0.15, 0.2) is 48.5 Å². The second-order valence-electron chi connectivity index (χ2n) is 9.46. The summed E-state index contributed by atoms with van der Waals surface area (Å²) in [6.45, 7) is 8.23. The van der Waals surface area contributed by atoms with Crippen LogP contribution in [0.1, 0.15) is 49.5 Å². The molecule has 1 fully saturated rings. The number of nitrogens with one attached hydrogen (secondary N) is 1. The molecule has 2 aromatic carbocycles. The number of hydrogen-bond donors (Lipinski definition) is 1. The van der Waals surface area contributed by atoms with Crippen molar-refractivity contribution in [1.29, 1.82) is 0 Å². The lowest BCUT2D eigenvalue weighted by Crippen LogP contribution is -2.46. The van der Waals surface area contributed by atoms with Crippen LogP contribution in [-0.4, -0.2) is 48.6 Å². The molecule has 0 saturated carbocycles. The number of carbonyl (C=O) groups excluding carboxylic acids is 2. The number of amides is 1. The van der Waals surface area contributed by atoms with Gasteiger partial charge < -0.3 is 14.8 Å². The van der Waals surface area contributed by atoms with E-state index in [1.807, 2.05) is 69.3 Å². The number of fused-ring (bicyclic) bond motifs is 2. The number of esters is 1. The molecule has 0 bridgehead atoms. The van der Waals surface area contributed by atoms with Gasteiger partial charge >= 0.3 is 5.97 Å². The van der Waals surface area contributed by atoms with Gasteiger partial charge in [0.25, 0.3) is 5.91 Å². The Hall–Kier alpha value is -2.86. The molecule has 1 amide bonds. The molecule has 4 rings (SSSR count). The molecule has 2 aliphatic rings. The third kappa shape index (κ3) is 4.90. The number of hydrogen-bond acceptors (Lipinski definition) is 5. The van der Waals surface area contributed by atoms with Gasteiger partial charge in [-0.05, 0) is 71.0 Å². The van der Waals surface area contributed by atoms with Crippen LogP contribution in [0.25, 0.3) is 0 Å². The Kier molecular flexibility index (Phi) is 5.75. The molecule has 164 valence electrons. The van der Waals surface area contributed by atoms with Crippen molar-refractivity contribution in [3.05, 3.63) is 59.7 Å². The summed E-state index contributed by atoms with van der Waals surface area (Å²) in [6, 6.07) is 15.2. The van der Waals surface area contributed by atoms with Gasteiger partial charge in [0, 0.05) is 22.2 Å². The molecule has 2 aromatic rings. The molecule has 0 radical (unpaired) electrons. The molecule has 1 saturated heterocycles. The van der Waals surface area contributed by atoms with Gasteiger partial charge in [-0.15, -0.1) is 0 Å². The first-order chi connectivity index (χ1) is 14.7. The fourth-order valence-corrected chi connectivity index (χ4v) is 4.35. The predicted molar refractivity (Wildman–Crippen MR) is 120 cm³/mol. The van der Waals surface area contributed by atoms with Crippen molar-refractivity contribution < 1.29 is 19.1 Å². The summed E-state index contributed by atoms with van der Waals surface area (Å²) < 4.78 is 11.5. The molecule has 1 spiro atoms. The number of nitrogens with zero attached hydrogens (tertiary/aromatic N) is 1. The molecule has 2 heterocycles. The minimum Gasteiger partial charge on any atom is -0.492 e. The maximum absolute atomic E-state index is 12.6. The van der Waals surface area contributed by atoms with Gasteiger partial charge in [0.05, 0.1) is 13.2 Å². The maximum atomic E-state index is 12.6. The number of benzene rings is 2. The summed E-state index contributed by atoms with van der Waals surface area (Å²) in [4.78, 5) is 26.9. The van der Waals surface area contributed by atoms with Crippen molar-refractivity contribution in [1.82, 2.24) is 4.90 Å². The lowest BCUT2D eigenvalue weighted by molar-refractivity contribution is -0.156. The van der Waals surface area contributed by atoms with Crippen LogP contribution in [-0.2, 0) is 14.9 Å². The predicted octanol–water partition coefficient (Wildman–Crippen LogP) is 4.01. The van der Waals surface area contributed by atoms with Gasteiger partial charge in [-0.3, -0.25) is 14.5 Å². The largest absolute Gasteiger partial charge is 0.492 e. The van der Waals surface area contributed by atoms with Gasteiger partial charge in [-0.1, -0.05) is 24.3 Å². The smallest absolute Gasteiger partial charge is 0.320 e. The highest BCUT2D eigenvalue weighted by molar-refractivity contribution is 6.04. The zero-order chi connectivity index (χ0) is 22.1. The van der Waals surface area contributed by atoms with Crippen LogP contribution in [0.5, 0.6) is 5.75 Å². The fraction of sp³-hybridized carbons (Fsp3) is 0.440. The highest BCUT2D eigenvalue weighted by Crippen LogP contribution is 2.45. The van der Waals surface area contributed by atoms with Gasteiger partial charge in [-0.2, -0.15) is 0 Å². The van der Waals surface area contributed by atoms with Crippen LogP contribution in [0, 0.1) is 0 Å². The normalized spacial score (nSPS) is 17.6. The Labute approximate surface area is 183 Å². The van der Waals surface area contributed by atoms with Crippen molar-refractivity contribution in [2.24, 2.45) is 0 Å². The Morgan fingerprint density at radius 2 is 1.81 bits per heavy atom. The lowest BCUT2D eigenvalue weighted by Gasteiger charge is -2.38. The number of likely N-dealkylation sites (tertiary alicyclic amines) is 1. The third-order valence-electron chi connectivity index (χ3n) is 5.94. The van der Waals surface area contributed by atoms with Crippen LogP contribution < -0.4 is 10.1 Å². The van der Waals surface area contributed by atoms with E-state index in [1.54, 1.807) is 0 Å². The monoisotopic (exact) mass is 422 g/mol. The summed E-state index contributed by atoms with van der Waals surface area (Å²) in [5.74, 6) is 0.465. The van der Waals surface area contributed by atoms with Crippen LogP contribution in [0.3, 0.4) is 0 Å². The van der Waals surface area contributed by atoms with Crippen molar-refractivity contribution in [3.8, 4) is 5.75 Å². The topological polar surface area (TPSA) is 67.9 Å². The van der Waals surface area contributed by atoms with E-state index in [9.17, 15) is 9.59 Å². The molecule has 0 aliphatic carbocycles. The number of piperidine rings is 1. The van der Waals surface area contributed by atoms with Crippen LogP contribution in [0.4, 0.5) is 5.69 Å². The summed E-state index contributed by atoms with van der Waals surface area (Å²) in [7, 11) is 0. The molecule has 6 heteroatoms. The summed E-state index contributed by atoms with van der Waals surface area (Å²) in [5.41, 5.74) is 2.01. The van der Waals surface area contributed by atoms with E-state index in [1.165, 1.54) is 5.56 Å². The van der Waals surface area contributed by atoms with E-state index in [0.29, 0.717) is 18.7 Å². The van der Waals surface area contributed by atoms with Crippen molar-refractivity contribution >= 4 is 17.6 Å². The van der Waals surface area contributed by atoms with E-state index in [4.69, 9.17) is 9.47 Å². The number of carbonyl (C=O) groups is 2. The molecule has 0 unspecified atom stereocenters. The summed E-state index contributed by atoms with van der Waals surface area (Å²) in [5, 5.41) is 2.92. The van der Waals surface area contributed by atoms with E-state index < -0.39 is 5.60 Å². The Balaban J connectivity index is 1.39. The number of para-hydroxylation sites is 1. The number of ether oxygens (including phenoxy) is 2. The van der Waals surface area contributed by atoms with E-state index in [0.717, 1.165) is 37.4 Å². The van der Waals surface area contributed by atoms with Crippen molar-refractivity contribution in [2.45, 2.75) is 44.6 Å². The standard InChI is InChI=1S/C25H30N2O4/c1-24(2,3)31-22(28)16-27-13-11-25(12-14-27)17-30-21-15-18(9-10-20(21)25)23(29)26-19-7-5-4-6-8-19/h4-10,15H,11-14,16-17H2,1-3H3,(H,26,29). The quantitative estimate of drug-likeness (QED) is 0.754. The van der Waals surface area contributed by atoms with Crippen LogP contribution in [0.2, 0.25) is 0 Å². The Bertz CT molecular complexity index is 957. The lowest BCUT2D eigenvalue weighted by atomic mass is 9.74. The molecule has 6 nitrogen and oxygen atoms in total. The fourth-order valence-electron chi connectivity index (χ4n) is 4.35. The van der Waals surface area contributed by atoms with Gasteiger partial charge in [0.2, 0.25) is 0 Å². The first-order valence-electron chi connectivity index (χ1n) is 10.8. The first kappa shape index (κ1) is 21.4. The van der Waals surface area contributed by atoms with Crippen molar-refractivity contribution in [2.75, 3.05) is 31.6 Å². The van der Waals surface area contributed by atoms with Crippen molar-refractivity contribution in [3.63, 3.8) is 0 Å². The molecule has 0 aromatic heterocycles. The van der Waals surface area contributed by atoms with E-state index in [-0.39, 0.29) is 17.3 Å². The minimum absolute atomic E-state index is 0.0474. The molecule has 31 heavy (non-hydrogen) atoms. The average molecular weight is 423 g/mol. The van der Waals surface area contributed by atoms with Gasteiger partial charge in [0.1, 0.15) is 11.4 Å². The van der Waals surface area contributed by atoms with Gasteiger partial charge in [0.15, 0.2) is 0 Å². The van der Waals surface area contributed by atoms with E-state index in [2.05, 4.69) is 10.2 Å². The molecule has 0 atom stereocenters. The molecular weight excluding hydrogens is 392 g/mol. The zero-order valence-corrected chi connectivity index (χ0v) is 18.4. The summed E-state index contributed by atoms with van der Waals surface area (Å²) >= 11 is 0. The first-order valence-corrected chi connectivity index (χ1v) is 10.8. The highest BCUT2D eigenvalue weighted by atomic mass is 16.6. The average Bonchev–Trinajstić information content (AvgIpc) is 3.07. The summed E-state index contributed by atoms with van der Waals surface area (Å²) in [6.07, 6.45) is 1.83. The second kappa shape index (κ2) is 8.35. The maximum Gasteiger partial charge on any atom is 0.320 e. The number of anilines is 1. The Morgan fingerprint density at radius 1 is 1.10 bits per heavy atom. The SMILES string of the molecule is CC(C)(C)OC(=O)CN1CCC2(CC1)COc1cc(C(=O)Nc3ccccc3)ccc12. The Morgan fingerprint density at radius 3 is 2.48 bits per heavy atom. The zero-order valence-electron chi connectivity index (χ0n) is 18.4. The van der Waals surface area contributed by atoms with Gasteiger partial charge in [-0.25, -0.2) is 0 Å². The molecule has 2 aliphatic heterocycles. The van der Waals surface area contributed by atoms with Crippen LogP contribution >= 0.6 is 0 Å². The van der Waals surface area contributed by atoms with E-state index >= 15 is 0 Å². The number of rotatable bonds is 4. The minimum atomic E-state index is -0.461. The highest BCUT2D eigenvalue weighted by Gasteiger charge is 2.43.